The van der Waals surface area contributed by atoms with Crippen LogP contribution in [0.3, 0.4) is 0 Å². The number of nitro benzene ring substituents is 1. The van der Waals surface area contributed by atoms with Gasteiger partial charge in [0.15, 0.2) is 0 Å². The molecule has 0 atom stereocenters. The van der Waals surface area contributed by atoms with E-state index in [0.29, 0.717) is 30.1 Å². The summed E-state index contributed by atoms with van der Waals surface area (Å²) in [6.07, 6.45) is -2.38. The molecule has 3 rings (SSSR count). The highest BCUT2D eigenvalue weighted by molar-refractivity contribution is 7.99. The van der Waals surface area contributed by atoms with Gasteiger partial charge in [-0.3, -0.25) is 14.9 Å². The van der Waals surface area contributed by atoms with Crippen LogP contribution in [-0.4, -0.2) is 28.1 Å². The molecule has 0 bridgehead atoms. The molecule has 0 fully saturated rings. The molecule has 1 aromatic heterocycles. The molecule has 6 nitrogen and oxygen atoms in total. The van der Waals surface area contributed by atoms with Gasteiger partial charge in [-0.2, -0.15) is 13.2 Å². The van der Waals surface area contributed by atoms with Crippen molar-refractivity contribution < 1.29 is 22.9 Å². The molecule has 27 heavy (non-hydrogen) atoms. The first-order valence-corrected chi connectivity index (χ1v) is 8.98. The molecule has 0 aliphatic carbocycles. The summed E-state index contributed by atoms with van der Waals surface area (Å²) in [7, 11) is 0. The molecule has 0 saturated carbocycles. The maximum Gasteiger partial charge on any atom is 0.417 e. The summed E-state index contributed by atoms with van der Waals surface area (Å²) >= 11 is 1.05. The number of alkyl halides is 3. The number of benzene rings is 1. The van der Waals surface area contributed by atoms with Gasteiger partial charge in [0.05, 0.1) is 21.3 Å². The number of anilines is 1. The van der Waals surface area contributed by atoms with E-state index in [1.54, 1.807) is 11.0 Å². The van der Waals surface area contributed by atoms with E-state index in [4.69, 9.17) is 0 Å². The fourth-order valence-electron chi connectivity index (χ4n) is 2.80. The zero-order chi connectivity index (χ0) is 19.6. The lowest BCUT2D eigenvalue weighted by atomic mass is 10.0. The van der Waals surface area contributed by atoms with Crippen LogP contribution >= 0.6 is 11.8 Å². The molecule has 0 saturated heterocycles. The van der Waals surface area contributed by atoms with Gasteiger partial charge >= 0.3 is 6.18 Å². The highest BCUT2D eigenvalue weighted by atomic mass is 32.2. The SMILES string of the molecule is O=C(CSc1ccc(C(F)(F)F)cn1)N1CCCc2cc([N+](=O)[O-])ccc21. The number of thioether (sulfide) groups is 1. The predicted molar refractivity (Wildman–Crippen MR) is 93.7 cm³/mol. The van der Waals surface area contributed by atoms with Gasteiger partial charge in [0.2, 0.25) is 5.91 Å². The molecular weight excluding hydrogens is 383 g/mol. The third-order valence-corrected chi connectivity index (χ3v) is 5.03. The Bertz CT molecular complexity index is 872. The minimum Gasteiger partial charge on any atom is -0.311 e. The lowest BCUT2D eigenvalue weighted by molar-refractivity contribution is -0.384. The highest BCUT2D eigenvalue weighted by Gasteiger charge is 2.30. The maximum atomic E-state index is 12.5. The number of amides is 1. The zero-order valence-electron chi connectivity index (χ0n) is 13.9. The van der Waals surface area contributed by atoms with Gasteiger partial charge in [0.25, 0.3) is 5.69 Å². The van der Waals surface area contributed by atoms with Gasteiger partial charge in [-0.25, -0.2) is 4.98 Å². The van der Waals surface area contributed by atoms with Crippen LogP contribution in [0.2, 0.25) is 0 Å². The third-order valence-electron chi connectivity index (χ3n) is 4.10. The van der Waals surface area contributed by atoms with E-state index in [-0.39, 0.29) is 17.3 Å². The van der Waals surface area contributed by atoms with E-state index in [2.05, 4.69) is 4.98 Å². The second-order valence-electron chi connectivity index (χ2n) is 5.89. The van der Waals surface area contributed by atoms with Crippen molar-refractivity contribution in [3.63, 3.8) is 0 Å². The second kappa shape index (κ2) is 7.55. The topological polar surface area (TPSA) is 76.3 Å². The van der Waals surface area contributed by atoms with Crippen LogP contribution in [0.5, 0.6) is 0 Å². The number of fused-ring (bicyclic) bond motifs is 1. The number of rotatable bonds is 4. The standard InChI is InChI=1S/C17H14F3N3O3S/c18-17(19,20)12-3-6-15(21-9-12)27-10-16(24)22-7-1-2-11-8-13(23(25)26)4-5-14(11)22/h3-6,8-9H,1-2,7,10H2. The first-order chi connectivity index (χ1) is 12.8. The minimum atomic E-state index is -4.45. The fourth-order valence-corrected chi connectivity index (χ4v) is 3.52. The van der Waals surface area contributed by atoms with Crippen LogP contribution < -0.4 is 4.90 Å². The molecule has 0 unspecified atom stereocenters. The highest BCUT2D eigenvalue weighted by Crippen LogP contribution is 2.32. The zero-order valence-corrected chi connectivity index (χ0v) is 14.7. The van der Waals surface area contributed by atoms with Crippen molar-refractivity contribution in [2.24, 2.45) is 0 Å². The third kappa shape index (κ3) is 4.38. The van der Waals surface area contributed by atoms with E-state index >= 15 is 0 Å². The summed E-state index contributed by atoms with van der Waals surface area (Å²) in [5.74, 6) is -0.217. The Hall–Kier alpha value is -2.62. The van der Waals surface area contributed by atoms with Crippen molar-refractivity contribution in [1.29, 1.82) is 0 Å². The number of carbonyl (C=O) groups excluding carboxylic acids is 1. The Balaban J connectivity index is 1.68. The van der Waals surface area contributed by atoms with Gasteiger partial charge in [-0.1, -0.05) is 11.8 Å². The number of aryl methyl sites for hydroxylation is 1. The second-order valence-corrected chi connectivity index (χ2v) is 6.89. The van der Waals surface area contributed by atoms with Crippen molar-refractivity contribution in [2.45, 2.75) is 24.0 Å². The van der Waals surface area contributed by atoms with Crippen LogP contribution in [0.15, 0.2) is 41.6 Å². The summed E-state index contributed by atoms with van der Waals surface area (Å²) in [5.41, 5.74) is 0.510. The van der Waals surface area contributed by atoms with Gasteiger partial charge in [-0.15, -0.1) is 0 Å². The number of non-ortho nitro benzene ring substituents is 1. The van der Waals surface area contributed by atoms with Crippen molar-refractivity contribution in [3.8, 4) is 0 Å². The molecule has 2 heterocycles. The quantitative estimate of drug-likeness (QED) is 0.441. The van der Waals surface area contributed by atoms with Crippen LogP contribution in [0, 0.1) is 10.1 Å². The van der Waals surface area contributed by atoms with Gasteiger partial charge in [0, 0.05) is 30.6 Å². The van der Waals surface area contributed by atoms with Crippen molar-refractivity contribution in [1.82, 2.24) is 4.98 Å². The predicted octanol–water partition coefficient (Wildman–Crippen LogP) is 4.08. The summed E-state index contributed by atoms with van der Waals surface area (Å²) in [6.45, 7) is 0.491. The number of pyridine rings is 1. The number of halogens is 3. The first-order valence-electron chi connectivity index (χ1n) is 7.99. The molecular formula is C17H14F3N3O3S. The number of hydrogen-bond donors (Lipinski definition) is 0. The van der Waals surface area contributed by atoms with Gasteiger partial charge in [-0.05, 0) is 36.6 Å². The molecule has 2 aromatic rings. The average Bonchev–Trinajstić information content (AvgIpc) is 2.64. The van der Waals surface area contributed by atoms with Crippen LogP contribution in [0.1, 0.15) is 17.5 Å². The molecule has 10 heteroatoms. The Labute approximate surface area is 156 Å². The fraction of sp³-hybridized carbons (Fsp3) is 0.294. The lowest BCUT2D eigenvalue weighted by Gasteiger charge is -2.29. The van der Waals surface area contributed by atoms with Gasteiger partial charge < -0.3 is 4.90 Å². The Morgan fingerprint density at radius 2 is 2.07 bits per heavy atom. The summed E-state index contributed by atoms with van der Waals surface area (Å²) in [6, 6.07) is 6.54. The van der Waals surface area contributed by atoms with E-state index in [9.17, 15) is 28.1 Å². The van der Waals surface area contributed by atoms with Gasteiger partial charge in [0.1, 0.15) is 0 Å². The number of nitrogens with zero attached hydrogens (tertiary/aromatic N) is 3. The van der Waals surface area contributed by atoms with E-state index < -0.39 is 16.7 Å². The van der Waals surface area contributed by atoms with Crippen LogP contribution in [0.4, 0.5) is 24.5 Å². The molecule has 142 valence electrons. The van der Waals surface area contributed by atoms with Crippen molar-refractivity contribution in [3.05, 3.63) is 57.8 Å². The first kappa shape index (κ1) is 19.2. The smallest absolute Gasteiger partial charge is 0.311 e. The summed E-state index contributed by atoms with van der Waals surface area (Å²) in [4.78, 5) is 28.2. The monoisotopic (exact) mass is 397 g/mol. The number of aromatic nitrogens is 1. The summed E-state index contributed by atoms with van der Waals surface area (Å²) < 4.78 is 37.6. The molecule has 1 aromatic carbocycles. The molecule has 0 spiro atoms. The molecule has 0 N–H and O–H groups in total. The largest absolute Gasteiger partial charge is 0.417 e. The summed E-state index contributed by atoms with van der Waals surface area (Å²) in [5, 5.41) is 11.2. The molecule has 1 aliphatic heterocycles. The molecule has 1 amide bonds. The van der Waals surface area contributed by atoms with E-state index in [1.807, 2.05) is 0 Å². The molecule has 1 aliphatic rings. The Morgan fingerprint density at radius 3 is 2.70 bits per heavy atom. The van der Waals surface area contributed by atoms with Crippen LogP contribution in [0.25, 0.3) is 0 Å². The molecule has 0 radical (unpaired) electrons. The van der Waals surface area contributed by atoms with Crippen molar-refractivity contribution >= 4 is 29.0 Å². The number of nitro groups is 1. The number of carbonyl (C=O) groups is 1. The maximum absolute atomic E-state index is 12.5. The van der Waals surface area contributed by atoms with Crippen molar-refractivity contribution in [2.75, 3.05) is 17.2 Å². The van der Waals surface area contributed by atoms with Crippen LogP contribution in [-0.2, 0) is 17.4 Å². The number of hydrogen-bond acceptors (Lipinski definition) is 5. The average molecular weight is 397 g/mol. The Morgan fingerprint density at radius 1 is 1.30 bits per heavy atom. The van der Waals surface area contributed by atoms with E-state index in [0.717, 1.165) is 29.6 Å². The minimum absolute atomic E-state index is 0.00872. The van der Waals surface area contributed by atoms with E-state index in [1.165, 1.54) is 18.2 Å². The Kier molecular flexibility index (Phi) is 5.36. The lowest BCUT2D eigenvalue weighted by Crippen LogP contribution is -2.36. The normalized spacial score (nSPS) is 14.0.